The van der Waals surface area contributed by atoms with Crippen LogP contribution in [0.3, 0.4) is 0 Å². The van der Waals surface area contributed by atoms with Gasteiger partial charge in [0, 0.05) is 21.8 Å². The molecule has 0 bridgehead atoms. The van der Waals surface area contributed by atoms with E-state index in [1.54, 1.807) is 31.4 Å². The smallest absolute Gasteiger partial charge is 0.250 e. The van der Waals surface area contributed by atoms with Crippen molar-refractivity contribution in [3.63, 3.8) is 0 Å². The zero-order valence-electron chi connectivity index (χ0n) is 21.3. The third kappa shape index (κ3) is 6.09. The molecule has 196 valence electrons. The highest BCUT2D eigenvalue weighted by Gasteiger charge is 2.18. The molecule has 0 saturated heterocycles. The fraction of sp³-hybridized carbons (Fsp3) is 0.185. The molecule has 0 radical (unpaired) electrons. The molecule has 3 aromatic carbocycles. The number of hydrogen-bond donors (Lipinski definition) is 1. The molecule has 0 saturated carbocycles. The maximum Gasteiger partial charge on any atom is 0.250 e. The molecule has 38 heavy (non-hydrogen) atoms. The van der Waals surface area contributed by atoms with E-state index in [1.165, 1.54) is 32.2 Å². The van der Waals surface area contributed by atoms with Gasteiger partial charge in [0.05, 0.1) is 33.3 Å². The second kappa shape index (κ2) is 12.5. The van der Waals surface area contributed by atoms with Crippen LogP contribution in [0.4, 0.5) is 0 Å². The first-order chi connectivity index (χ1) is 18.4. The van der Waals surface area contributed by atoms with Crippen molar-refractivity contribution in [3.8, 4) is 34.3 Å². The average Bonchev–Trinajstić information content (AvgIpc) is 3.36. The van der Waals surface area contributed by atoms with Gasteiger partial charge >= 0.3 is 0 Å². The number of benzene rings is 3. The zero-order valence-corrected chi connectivity index (χ0v) is 22.8. The highest BCUT2D eigenvalue weighted by molar-refractivity contribution is 7.99. The highest BCUT2D eigenvalue weighted by Crippen LogP contribution is 2.39. The largest absolute Gasteiger partial charge is 0.493 e. The fourth-order valence-electron chi connectivity index (χ4n) is 3.64. The molecule has 9 nitrogen and oxygen atoms in total. The van der Waals surface area contributed by atoms with E-state index >= 15 is 0 Å². The highest BCUT2D eigenvalue weighted by atomic mass is 35.5. The van der Waals surface area contributed by atoms with Crippen LogP contribution in [0.5, 0.6) is 17.2 Å². The van der Waals surface area contributed by atoms with Crippen LogP contribution in [0, 0.1) is 6.92 Å². The summed E-state index contributed by atoms with van der Waals surface area (Å²) in [5.41, 5.74) is 6.02. The first-order valence-corrected chi connectivity index (χ1v) is 12.8. The molecule has 0 aliphatic rings. The topological polar surface area (TPSA) is 99.9 Å². The van der Waals surface area contributed by atoms with Gasteiger partial charge in [0.1, 0.15) is 0 Å². The van der Waals surface area contributed by atoms with E-state index in [4.69, 9.17) is 25.8 Å². The van der Waals surface area contributed by atoms with Gasteiger partial charge in [-0.3, -0.25) is 9.36 Å². The third-order valence-corrected chi connectivity index (χ3v) is 6.67. The lowest BCUT2D eigenvalue weighted by atomic mass is 10.2. The summed E-state index contributed by atoms with van der Waals surface area (Å²) < 4.78 is 18.0. The summed E-state index contributed by atoms with van der Waals surface area (Å²) in [7, 11) is 4.58. The predicted octanol–water partition coefficient (Wildman–Crippen LogP) is 5.16. The van der Waals surface area contributed by atoms with E-state index in [2.05, 4.69) is 20.7 Å². The Morgan fingerprint density at radius 1 is 0.974 bits per heavy atom. The minimum absolute atomic E-state index is 0.0744. The Balaban J connectivity index is 1.50. The number of hydrogen-bond acceptors (Lipinski definition) is 8. The molecular formula is C27H26ClN5O4S. The van der Waals surface area contributed by atoms with Crippen molar-refractivity contribution in [2.24, 2.45) is 5.10 Å². The predicted molar refractivity (Wildman–Crippen MR) is 149 cm³/mol. The average molecular weight is 552 g/mol. The minimum Gasteiger partial charge on any atom is -0.493 e. The van der Waals surface area contributed by atoms with Crippen LogP contribution in [0.15, 0.2) is 70.9 Å². The second-order valence-corrected chi connectivity index (χ2v) is 9.37. The van der Waals surface area contributed by atoms with E-state index < -0.39 is 0 Å². The van der Waals surface area contributed by atoms with Crippen molar-refractivity contribution >= 4 is 35.5 Å². The Morgan fingerprint density at radius 3 is 2.34 bits per heavy atom. The Kier molecular flexibility index (Phi) is 8.88. The van der Waals surface area contributed by atoms with Gasteiger partial charge in [-0.2, -0.15) is 5.10 Å². The van der Waals surface area contributed by atoms with Gasteiger partial charge in [0.25, 0.3) is 5.91 Å². The zero-order chi connectivity index (χ0) is 27.1. The van der Waals surface area contributed by atoms with Gasteiger partial charge < -0.3 is 14.2 Å². The van der Waals surface area contributed by atoms with Gasteiger partial charge in [0.15, 0.2) is 22.5 Å². The van der Waals surface area contributed by atoms with E-state index in [1.807, 2.05) is 47.9 Å². The Morgan fingerprint density at radius 2 is 1.68 bits per heavy atom. The van der Waals surface area contributed by atoms with Crippen LogP contribution in [-0.4, -0.2) is 54.0 Å². The lowest BCUT2D eigenvalue weighted by Crippen LogP contribution is -2.20. The summed E-state index contributed by atoms with van der Waals surface area (Å²) in [5, 5.41) is 14.0. The lowest BCUT2D eigenvalue weighted by Gasteiger charge is -2.13. The summed E-state index contributed by atoms with van der Waals surface area (Å²) >= 11 is 7.32. The van der Waals surface area contributed by atoms with Crippen molar-refractivity contribution in [2.75, 3.05) is 27.1 Å². The molecule has 11 heteroatoms. The molecule has 0 fully saturated rings. The van der Waals surface area contributed by atoms with Crippen LogP contribution in [0.2, 0.25) is 5.02 Å². The molecule has 4 rings (SSSR count). The quantitative estimate of drug-likeness (QED) is 0.165. The molecule has 1 aromatic heterocycles. The maximum absolute atomic E-state index is 12.6. The van der Waals surface area contributed by atoms with Crippen molar-refractivity contribution in [3.05, 3.63) is 76.8 Å². The van der Waals surface area contributed by atoms with Crippen molar-refractivity contribution in [2.45, 2.75) is 12.1 Å². The molecule has 0 aliphatic heterocycles. The standard InChI is InChI=1S/C27H26ClN5O4S/c1-17-5-12-21(13-6-17)33-26(18-7-10-20(28)11-8-18)31-32-27(33)38-16-23(34)30-29-15-19-9-14-22(35-2)25(37-4)24(19)36-3/h5-15H,16H2,1-4H3,(H,30,34)/b29-15+. The molecular weight excluding hydrogens is 526 g/mol. The normalized spacial score (nSPS) is 11.0. The maximum atomic E-state index is 12.6. The Hall–Kier alpha value is -4.02. The number of carbonyl (C=O) groups is 1. The summed E-state index contributed by atoms with van der Waals surface area (Å²) in [6.07, 6.45) is 1.48. The van der Waals surface area contributed by atoms with Crippen molar-refractivity contribution < 1.29 is 19.0 Å². The van der Waals surface area contributed by atoms with Crippen LogP contribution in [0.25, 0.3) is 17.1 Å². The molecule has 1 amide bonds. The van der Waals surface area contributed by atoms with E-state index in [0.29, 0.717) is 38.8 Å². The number of carbonyl (C=O) groups excluding carboxylic acids is 1. The molecule has 0 spiro atoms. The number of aromatic nitrogens is 3. The number of aryl methyl sites for hydroxylation is 1. The summed E-state index contributed by atoms with van der Waals surface area (Å²) in [4.78, 5) is 12.6. The number of methoxy groups -OCH3 is 3. The summed E-state index contributed by atoms with van der Waals surface area (Å²) in [6.45, 7) is 2.02. The number of nitrogens with one attached hydrogen (secondary N) is 1. The number of thioether (sulfide) groups is 1. The van der Waals surface area contributed by atoms with E-state index in [9.17, 15) is 4.79 Å². The molecule has 0 atom stereocenters. The lowest BCUT2D eigenvalue weighted by molar-refractivity contribution is -0.118. The summed E-state index contributed by atoms with van der Waals surface area (Å²) in [6, 6.07) is 18.9. The van der Waals surface area contributed by atoms with Gasteiger partial charge in [-0.15, -0.1) is 10.2 Å². The van der Waals surface area contributed by atoms with Gasteiger partial charge in [-0.05, 0) is 55.5 Å². The number of amides is 1. The number of hydrazone groups is 1. The fourth-order valence-corrected chi connectivity index (χ4v) is 4.51. The van der Waals surface area contributed by atoms with Gasteiger partial charge in [0.2, 0.25) is 5.75 Å². The first-order valence-electron chi connectivity index (χ1n) is 11.5. The number of ether oxygens (including phenoxy) is 3. The van der Waals surface area contributed by atoms with Crippen molar-refractivity contribution in [1.82, 2.24) is 20.2 Å². The van der Waals surface area contributed by atoms with E-state index in [-0.39, 0.29) is 11.7 Å². The van der Waals surface area contributed by atoms with E-state index in [0.717, 1.165) is 16.8 Å². The van der Waals surface area contributed by atoms with Crippen LogP contribution >= 0.6 is 23.4 Å². The molecule has 0 unspecified atom stereocenters. The van der Waals surface area contributed by atoms with Crippen LogP contribution in [0.1, 0.15) is 11.1 Å². The van der Waals surface area contributed by atoms with Crippen LogP contribution in [-0.2, 0) is 4.79 Å². The first kappa shape index (κ1) is 27.0. The minimum atomic E-state index is -0.308. The SMILES string of the molecule is COc1ccc(/C=N/NC(=O)CSc2nnc(-c3ccc(Cl)cc3)n2-c2ccc(C)cc2)c(OC)c1OC. The van der Waals surface area contributed by atoms with Crippen LogP contribution < -0.4 is 19.6 Å². The van der Waals surface area contributed by atoms with Gasteiger partial charge in [-0.25, -0.2) is 5.43 Å². The third-order valence-electron chi connectivity index (χ3n) is 5.49. The van der Waals surface area contributed by atoms with Gasteiger partial charge in [-0.1, -0.05) is 41.1 Å². The number of halogens is 1. The molecule has 4 aromatic rings. The summed E-state index contributed by atoms with van der Waals surface area (Å²) in [5.74, 6) is 1.82. The molecule has 1 heterocycles. The monoisotopic (exact) mass is 551 g/mol. The second-order valence-electron chi connectivity index (χ2n) is 7.99. The molecule has 1 N–H and O–H groups in total. The number of rotatable bonds is 10. The Labute approximate surface area is 229 Å². The van der Waals surface area contributed by atoms with Crippen molar-refractivity contribution in [1.29, 1.82) is 0 Å². The molecule has 0 aliphatic carbocycles. The Bertz CT molecular complexity index is 1440. The number of nitrogens with zero attached hydrogens (tertiary/aromatic N) is 4.